The standard InChI is InChI=1S/C116H148N4O12/c1-9-17-25-29-33-37-65-117-85-89-41-49-101(50-42-89)129-113(121)61-57-109-93-73-95-79-106(126-70-22-14-6)81-97(110(95)58-62-114(122)130-102-51-43-90(44-52-102)86-118-66-38-34-30-26-18-10-2)75-99-83-108(128-72-24-16-8)84-100(112(99)60-64-116(124)132-104-55-47-92(48-56-104)88-120-68-40-36-32-28-20-12-4)76-98-82-107(127-71-23-15-7)80-96(74-94(109)78-105(77-93)125-69-21-13-5)111(98)59-63-115(123)131-103-53-45-91(46-54-103)87-119-67-39-35-31-27-19-11-3/h41-64,77-88H,9-40,65-76H2,1-8H3. The predicted molar refractivity (Wildman–Crippen MR) is 546 cm³/mol. The lowest BCUT2D eigenvalue weighted by Crippen LogP contribution is -2.10. The second-order valence-corrected chi connectivity index (χ2v) is 34.6. The first-order valence-corrected chi connectivity index (χ1v) is 49.9. The van der Waals surface area contributed by atoms with Crippen molar-refractivity contribution in [2.24, 2.45) is 20.0 Å². The fourth-order valence-electron chi connectivity index (χ4n) is 15.8. The van der Waals surface area contributed by atoms with E-state index in [9.17, 15) is 19.2 Å². The van der Waals surface area contributed by atoms with E-state index in [-0.39, 0.29) is 25.7 Å². The normalized spacial score (nSPS) is 12.3. The molecule has 0 radical (unpaired) electrons. The first kappa shape index (κ1) is 104. The van der Waals surface area contributed by atoms with Gasteiger partial charge in [-0.05, 0) is 336 Å². The minimum atomic E-state index is -0.600. The molecule has 0 spiro atoms. The average Bonchev–Trinajstić information content (AvgIpc) is 0.769. The summed E-state index contributed by atoms with van der Waals surface area (Å²) in [6.45, 7) is 22.1. The number of aliphatic imine (C=N–C) groups is 4. The molecule has 0 saturated carbocycles. The van der Waals surface area contributed by atoms with Crippen LogP contribution in [0.25, 0.3) is 24.3 Å². The van der Waals surface area contributed by atoms with E-state index in [1.807, 2.05) is 146 Å². The number of hydrogen-bond donors (Lipinski definition) is 0. The van der Waals surface area contributed by atoms with Gasteiger partial charge in [0.2, 0.25) is 0 Å². The highest BCUT2D eigenvalue weighted by molar-refractivity contribution is 5.93. The first-order chi connectivity index (χ1) is 64.8. The van der Waals surface area contributed by atoms with Gasteiger partial charge in [-0.15, -0.1) is 0 Å². The van der Waals surface area contributed by atoms with Gasteiger partial charge in [0.25, 0.3) is 0 Å². The molecule has 0 saturated heterocycles. The molecule has 0 atom stereocenters. The lowest BCUT2D eigenvalue weighted by Gasteiger charge is -2.23. The summed E-state index contributed by atoms with van der Waals surface area (Å²) in [5.41, 5.74) is 12.6. The zero-order chi connectivity index (χ0) is 93.2. The number of fused-ring (bicyclic) bond motifs is 8. The molecule has 1 aliphatic rings. The Hall–Kier alpha value is -11.5. The Balaban J connectivity index is 1.24. The van der Waals surface area contributed by atoms with Crippen molar-refractivity contribution < 1.29 is 57.1 Å². The van der Waals surface area contributed by atoms with Gasteiger partial charge in [0.15, 0.2) is 0 Å². The van der Waals surface area contributed by atoms with E-state index in [0.717, 1.165) is 196 Å². The van der Waals surface area contributed by atoms with Gasteiger partial charge < -0.3 is 37.9 Å². The van der Waals surface area contributed by atoms with Crippen LogP contribution in [0.5, 0.6) is 46.0 Å². The number of nitrogens with zero attached hydrogens (tertiary/aromatic N) is 4. The monoisotopic (exact) mass is 1790 g/mol. The number of hydrogen-bond acceptors (Lipinski definition) is 16. The Bertz CT molecular complexity index is 4310. The molecular formula is C116H148N4O12. The van der Waals surface area contributed by atoms with Gasteiger partial charge in [-0.25, -0.2) is 19.2 Å². The number of ether oxygens (including phenoxy) is 8. The van der Waals surface area contributed by atoms with Crippen molar-refractivity contribution in [2.45, 2.75) is 287 Å². The highest BCUT2D eigenvalue weighted by Gasteiger charge is 2.24. The molecule has 0 unspecified atom stereocenters. The molecule has 0 aliphatic heterocycles. The zero-order valence-electron chi connectivity index (χ0n) is 80.6. The van der Waals surface area contributed by atoms with Gasteiger partial charge >= 0.3 is 23.9 Å². The van der Waals surface area contributed by atoms with Crippen LogP contribution in [0.4, 0.5) is 0 Å². The molecule has 8 bridgehead atoms. The van der Waals surface area contributed by atoms with Gasteiger partial charge in [-0.3, -0.25) is 20.0 Å². The maximum Gasteiger partial charge on any atom is 0.336 e. The minimum absolute atomic E-state index is 0.205. The van der Waals surface area contributed by atoms with Gasteiger partial charge in [0, 0.05) is 75.3 Å². The highest BCUT2D eigenvalue weighted by atomic mass is 16.5. The van der Waals surface area contributed by atoms with E-state index < -0.39 is 23.9 Å². The van der Waals surface area contributed by atoms with Crippen LogP contribution in [0.2, 0.25) is 0 Å². The van der Waals surface area contributed by atoms with Crippen LogP contribution < -0.4 is 37.9 Å². The van der Waals surface area contributed by atoms with Crippen molar-refractivity contribution in [1.29, 1.82) is 0 Å². The van der Waals surface area contributed by atoms with Crippen molar-refractivity contribution in [2.75, 3.05) is 52.6 Å². The third-order valence-corrected chi connectivity index (χ3v) is 23.4. The lowest BCUT2D eigenvalue weighted by molar-refractivity contribution is -0.129. The van der Waals surface area contributed by atoms with Gasteiger partial charge in [-0.1, -0.05) is 209 Å². The van der Waals surface area contributed by atoms with E-state index in [1.54, 1.807) is 48.5 Å². The molecule has 0 N–H and O–H groups in total. The van der Waals surface area contributed by atoms with Crippen LogP contribution >= 0.6 is 0 Å². The molecule has 9 rings (SSSR count). The topological polar surface area (TPSA) is 192 Å². The van der Waals surface area contributed by atoms with Crippen LogP contribution in [-0.2, 0) is 44.9 Å². The summed E-state index contributed by atoms with van der Waals surface area (Å²) >= 11 is 0. The summed E-state index contributed by atoms with van der Waals surface area (Å²) in [5.74, 6) is 1.48. The van der Waals surface area contributed by atoms with Crippen LogP contribution in [0, 0.1) is 0 Å². The summed E-state index contributed by atoms with van der Waals surface area (Å²) in [4.78, 5) is 77.8. The molecule has 16 nitrogen and oxygen atoms in total. The van der Waals surface area contributed by atoms with Gasteiger partial charge in [0.1, 0.15) is 46.0 Å². The number of esters is 4. The third kappa shape index (κ3) is 39.1. The predicted octanol–water partition coefficient (Wildman–Crippen LogP) is 28.7. The molecular weight excluding hydrogens is 1640 g/mol. The molecule has 0 amide bonds. The second-order valence-electron chi connectivity index (χ2n) is 34.6. The summed E-state index contributed by atoms with van der Waals surface area (Å²) in [6, 6.07) is 45.9. The van der Waals surface area contributed by atoms with E-state index in [2.05, 4.69) is 55.4 Å². The quantitative estimate of drug-likeness (QED) is 0.0115. The van der Waals surface area contributed by atoms with Crippen molar-refractivity contribution >= 4 is 73.0 Å². The molecule has 0 aromatic heterocycles. The Labute approximate surface area is 789 Å². The molecule has 1 aliphatic carbocycles. The fourth-order valence-corrected chi connectivity index (χ4v) is 15.8. The molecule has 8 aromatic carbocycles. The summed E-state index contributed by atoms with van der Waals surface area (Å²) in [6.07, 6.45) is 56.7. The second kappa shape index (κ2) is 62.0. The van der Waals surface area contributed by atoms with Crippen molar-refractivity contribution in [3.63, 3.8) is 0 Å². The fraction of sp³-hybridized carbons (Fsp3) is 0.448. The number of rotatable bonds is 60. The van der Waals surface area contributed by atoms with Crippen molar-refractivity contribution in [3.8, 4) is 46.0 Å². The largest absolute Gasteiger partial charge is 0.494 e. The Morgan fingerprint density at radius 3 is 0.583 bits per heavy atom. The summed E-state index contributed by atoms with van der Waals surface area (Å²) in [7, 11) is 0. The number of carbonyl (C=O) groups is 4. The SMILES string of the molecule is CCCCCCCCN=Cc1ccc(OC(=O)C=Cc2c3cc(OCCCC)cc2Cc2cc(OCCCC)cc(c2C=CC(=O)Oc2ccc(C=NCCCCCCCC)cc2)Cc2cc(OCCCC)cc(c2C=CC(=O)Oc2ccc(C=NCCCCCCCC)cc2)Cc2cc(OCCCC)cc(c2C=CC(=O)Oc2ccc(C=NCCCCCCCC)cc2)C3)cc1. The smallest absolute Gasteiger partial charge is 0.336 e. The van der Waals surface area contributed by atoms with Gasteiger partial charge in [0.05, 0.1) is 26.4 Å². The van der Waals surface area contributed by atoms with E-state index in [0.29, 0.717) is 94.7 Å². The molecule has 704 valence electrons. The Kier molecular flexibility index (Phi) is 48.9. The molecule has 0 fully saturated rings. The van der Waals surface area contributed by atoms with Crippen LogP contribution in [0.3, 0.4) is 0 Å². The maximum atomic E-state index is 14.7. The number of carbonyl (C=O) groups excluding carboxylic acids is 4. The van der Waals surface area contributed by atoms with Crippen molar-refractivity contribution in [3.05, 3.63) is 259 Å². The molecule has 132 heavy (non-hydrogen) atoms. The zero-order valence-corrected chi connectivity index (χ0v) is 80.6. The third-order valence-electron chi connectivity index (χ3n) is 23.4. The van der Waals surface area contributed by atoms with E-state index in [4.69, 9.17) is 57.9 Å². The van der Waals surface area contributed by atoms with Crippen LogP contribution in [-0.4, -0.2) is 101 Å². The van der Waals surface area contributed by atoms with Gasteiger partial charge in [-0.2, -0.15) is 0 Å². The Morgan fingerprint density at radius 1 is 0.227 bits per heavy atom. The Morgan fingerprint density at radius 2 is 0.402 bits per heavy atom. The highest BCUT2D eigenvalue weighted by Crippen LogP contribution is 2.39. The molecule has 0 heterocycles. The first-order valence-electron chi connectivity index (χ1n) is 49.9. The van der Waals surface area contributed by atoms with Crippen LogP contribution in [0.15, 0.2) is 190 Å². The summed E-state index contributed by atoms with van der Waals surface area (Å²) in [5, 5.41) is 0. The average molecular weight is 1790 g/mol. The lowest BCUT2D eigenvalue weighted by atomic mass is 9.84. The van der Waals surface area contributed by atoms with E-state index in [1.165, 1.54) is 127 Å². The van der Waals surface area contributed by atoms with Crippen molar-refractivity contribution in [1.82, 2.24) is 0 Å². The molecule has 16 heteroatoms. The maximum absolute atomic E-state index is 14.7. The minimum Gasteiger partial charge on any atom is -0.494 e. The van der Waals surface area contributed by atoms with E-state index >= 15 is 0 Å². The summed E-state index contributed by atoms with van der Waals surface area (Å²) < 4.78 is 52.1. The number of unbranched alkanes of at least 4 members (excludes halogenated alkanes) is 24. The molecule has 8 aromatic rings. The number of benzene rings is 8. The van der Waals surface area contributed by atoms with Crippen LogP contribution in [0.1, 0.15) is 350 Å².